The van der Waals surface area contributed by atoms with Gasteiger partial charge in [0.05, 0.1) is 17.6 Å². The Hall–Kier alpha value is -3.22. The average molecular weight is 391 g/mol. The van der Waals surface area contributed by atoms with Crippen LogP contribution in [0, 0.1) is 0 Å². The van der Waals surface area contributed by atoms with Gasteiger partial charge in [-0.25, -0.2) is 4.98 Å². The molecule has 3 heterocycles. The first-order valence-corrected chi connectivity index (χ1v) is 10.1. The highest BCUT2D eigenvalue weighted by molar-refractivity contribution is 5.94. The summed E-state index contributed by atoms with van der Waals surface area (Å²) in [7, 11) is 0. The van der Waals surface area contributed by atoms with E-state index in [0.29, 0.717) is 11.4 Å². The Morgan fingerprint density at radius 1 is 1.14 bits per heavy atom. The lowest BCUT2D eigenvalue weighted by atomic mass is 10.0. The molecule has 0 bridgehead atoms. The van der Waals surface area contributed by atoms with Crippen molar-refractivity contribution in [2.24, 2.45) is 0 Å². The Morgan fingerprint density at radius 3 is 2.72 bits per heavy atom. The van der Waals surface area contributed by atoms with Gasteiger partial charge >= 0.3 is 0 Å². The number of pyridine rings is 1. The van der Waals surface area contributed by atoms with Crippen LogP contribution in [-0.2, 0) is 17.9 Å². The van der Waals surface area contributed by atoms with Crippen molar-refractivity contribution < 1.29 is 9.59 Å². The summed E-state index contributed by atoms with van der Waals surface area (Å²) in [5.41, 5.74) is 2.26. The van der Waals surface area contributed by atoms with Crippen molar-refractivity contribution in [3.05, 3.63) is 60.2 Å². The number of rotatable bonds is 5. The Morgan fingerprint density at radius 2 is 1.93 bits per heavy atom. The zero-order chi connectivity index (χ0) is 20.2. The van der Waals surface area contributed by atoms with Gasteiger partial charge in [0.25, 0.3) is 5.91 Å². The molecule has 1 saturated heterocycles. The van der Waals surface area contributed by atoms with E-state index in [1.165, 1.54) is 6.42 Å². The molecule has 0 radical (unpaired) electrons. The summed E-state index contributed by atoms with van der Waals surface area (Å²) < 4.78 is 1.92. The minimum absolute atomic E-state index is 0.0991. The van der Waals surface area contributed by atoms with Crippen LogP contribution in [0.3, 0.4) is 0 Å². The molecule has 3 aromatic rings. The van der Waals surface area contributed by atoms with Crippen LogP contribution >= 0.6 is 0 Å². The Bertz CT molecular complexity index is 1010. The van der Waals surface area contributed by atoms with Crippen molar-refractivity contribution in [2.75, 3.05) is 6.54 Å². The van der Waals surface area contributed by atoms with E-state index < -0.39 is 0 Å². The minimum Gasteiger partial charge on any atom is -0.345 e. The molecule has 1 aliphatic heterocycles. The molecule has 1 aliphatic rings. The predicted molar refractivity (Wildman–Crippen MR) is 110 cm³/mol. The van der Waals surface area contributed by atoms with Gasteiger partial charge in [0.2, 0.25) is 5.91 Å². The molecule has 150 valence electrons. The summed E-state index contributed by atoms with van der Waals surface area (Å²) in [5.74, 6) is 0.579. The van der Waals surface area contributed by atoms with Crippen LogP contribution < -0.4 is 5.32 Å². The Balaban J connectivity index is 1.56. The molecule has 7 heteroatoms. The lowest BCUT2D eigenvalue weighted by molar-refractivity contribution is -0.135. The first kappa shape index (κ1) is 19.1. The zero-order valence-corrected chi connectivity index (χ0v) is 16.5. The maximum Gasteiger partial charge on any atom is 0.251 e. The second-order valence-corrected chi connectivity index (χ2v) is 7.45. The number of benzene rings is 1. The monoisotopic (exact) mass is 391 g/mol. The number of likely N-dealkylation sites (tertiary alicyclic amines) is 1. The second-order valence-electron chi connectivity index (χ2n) is 7.45. The van der Waals surface area contributed by atoms with Crippen LogP contribution in [0.15, 0.2) is 48.8 Å². The molecule has 1 aromatic carbocycles. The molecular formula is C22H25N5O2. The van der Waals surface area contributed by atoms with Gasteiger partial charge in [0.1, 0.15) is 12.4 Å². The standard InChI is InChI=1S/C22H25N5O2/c1-16-6-4-5-13-26(16)21(28)15-27-19-8-3-2-7-18(19)25-20(27)14-24-22(29)17-9-11-23-12-10-17/h2-3,7-12,16H,4-6,13-15H2,1H3,(H,24,29). The van der Waals surface area contributed by atoms with Crippen LogP contribution in [0.25, 0.3) is 11.0 Å². The van der Waals surface area contributed by atoms with E-state index in [9.17, 15) is 9.59 Å². The molecule has 0 aliphatic carbocycles. The van der Waals surface area contributed by atoms with Crippen LogP contribution in [0.1, 0.15) is 42.4 Å². The number of piperidine rings is 1. The number of nitrogens with one attached hydrogen (secondary N) is 1. The van der Waals surface area contributed by atoms with Gasteiger partial charge in [0, 0.05) is 30.5 Å². The van der Waals surface area contributed by atoms with Gasteiger partial charge in [-0.3, -0.25) is 14.6 Å². The fourth-order valence-corrected chi connectivity index (χ4v) is 3.90. The minimum atomic E-state index is -0.193. The maximum absolute atomic E-state index is 13.0. The lowest BCUT2D eigenvalue weighted by Crippen LogP contribution is -2.43. The number of amides is 2. The molecule has 0 saturated carbocycles. The van der Waals surface area contributed by atoms with Gasteiger partial charge in [0.15, 0.2) is 0 Å². The third-order valence-corrected chi connectivity index (χ3v) is 5.50. The fraction of sp³-hybridized carbons (Fsp3) is 0.364. The Kier molecular flexibility index (Phi) is 5.55. The number of carbonyl (C=O) groups excluding carboxylic acids is 2. The van der Waals surface area contributed by atoms with Crippen molar-refractivity contribution in [2.45, 2.75) is 45.3 Å². The molecule has 1 N–H and O–H groups in total. The molecular weight excluding hydrogens is 366 g/mol. The largest absolute Gasteiger partial charge is 0.345 e. The number of aromatic nitrogens is 3. The summed E-state index contributed by atoms with van der Waals surface area (Å²) >= 11 is 0. The molecule has 0 spiro atoms. The predicted octanol–water partition coefficient (Wildman–Crippen LogP) is 2.76. The van der Waals surface area contributed by atoms with E-state index >= 15 is 0 Å². The molecule has 1 unspecified atom stereocenters. The topological polar surface area (TPSA) is 80.1 Å². The van der Waals surface area contributed by atoms with Gasteiger partial charge in [-0.15, -0.1) is 0 Å². The highest BCUT2D eigenvalue weighted by atomic mass is 16.2. The third-order valence-electron chi connectivity index (χ3n) is 5.50. The number of hydrogen-bond donors (Lipinski definition) is 1. The molecule has 1 atom stereocenters. The summed E-state index contributed by atoms with van der Waals surface area (Å²) in [6.45, 7) is 3.39. The molecule has 2 amide bonds. The van der Waals surface area contributed by atoms with Crippen LogP contribution in [0.5, 0.6) is 0 Å². The second kappa shape index (κ2) is 8.43. The van der Waals surface area contributed by atoms with Gasteiger partial charge in [-0.05, 0) is 50.5 Å². The normalized spacial score (nSPS) is 16.7. The summed E-state index contributed by atoms with van der Waals surface area (Å²) in [6.07, 6.45) is 6.44. The van der Waals surface area contributed by atoms with Crippen molar-refractivity contribution in [1.29, 1.82) is 0 Å². The molecule has 7 nitrogen and oxygen atoms in total. The van der Waals surface area contributed by atoms with Crippen molar-refractivity contribution in [1.82, 2.24) is 24.8 Å². The van der Waals surface area contributed by atoms with E-state index in [4.69, 9.17) is 0 Å². The van der Waals surface area contributed by atoms with Crippen LogP contribution in [-0.4, -0.2) is 43.8 Å². The number of para-hydroxylation sites is 2. The summed E-state index contributed by atoms with van der Waals surface area (Å²) in [6, 6.07) is 11.3. The quantitative estimate of drug-likeness (QED) is 0.725. The number of hydrogen-bond acceptors (Lipinski definition) is 4. The van der Waals surface area contributed by atoms with Crippen molar-refractivity contribution in [3.8, 4) is 0 Å². The van der Waals surface area contributed by atoms with E-state index in [2.05, 4.69) is 22.2 Å². The summed E-state index contributed by atoms with van der Waals surface area (Å²) in [5, 5.41) is 2.90. The SMILES string of the molecule is CC1CCCCN1C(=O)Cn1c(CNC(=O)c2ccncc2)nc2ccccc21. The fourth-order valence-electron chi connectivity index (χ4n) is 3.90. The number of carbonyl (C=O) groups is 2. The van der Waals surface area contributed by atoms with Gasteiger partial charge in [-0.2, -0.15) is 0 Å². The summed E-state index contributed by atoms with van der Waals surface area (Å²) in [4.78, 5) is 36.0. The van der Waals surface area contributed by atoms with E-state index in [-0.39, 0.29) is 30.9 Å². The van der Waals surface area contributed by atoms with E-state index in [1.54, 1.807) is 24.5 Å². The molecule has 2 aromatic heterocycles. The average Bonchev–Trinajstić information content (AvgIpc) is 3.10. The number of imidazole rings is 1. The molecule has 29 heavy (non-hydrogen) atoms. The molecule has 4 rings (SSSR count). The van der Waals surface area contributed by atoms with E-state index in [1.807, 2.05) is 33.7 Å². The van der Waals surface area contributed by atoms with Crippen molar-refractivity contribution >= 4 is 22.8 Å². The van der Waals surface area contributed by atoms with Crippen LogP contribution in [0.4, 0.5) is 0 Å². The lowest BCUT2D eigenvalue weighted by Gasteiger charge is -2.33. The van der Waals surface area contributed by atoms with E-state index in [0.717, 1.165) is 30.4 Å². The maximum atomic E-state index is 13.0. The Labute approximate surface area is 169 Å². The zero-order valence-electron chi connectivity index (χ0n) is 16.5. The smallest absolute Gasteiger partial charge is 0.251 e. The highest BCUT2D eigenvalue weighted by Gasteiger charge is 2.24. The first-order chi connectivity index (χ1) is 14.1. The first-order valence-electron chi connectivity index (χ1n) is 10.1. The van der Waals surface area contributed by atoms with Crippen molar-refractivity contribution in [3.63, 3.8) is 0 Å². The van der Waals surface area contributed by atoms with Crippen LogP contribution in [0.2, 0.25) is 0 Å². The molecule has 1 fully saturated rings. The van der Waals surface area contributed by atoms with Gasteiger partial charge < -0.3 is 14.8 Å². The highest BCUT2D eigenvalue weighted by Crippen LogP contribution is 2.20. The van der Waals surface area contributed by atoms with Gasteiger partial charge in [-0.1, -0.05) is 12.1 Å². The third kappa shape index (κ3) is 4.13. The number of nitrogens with zero attached hydrogens (tertiary/aromatic N) is 4. The number of fused-ring (bicyclic) bond motifs is 1.